The molecule has 0 amide bonds. The van der Waals surface area contributed by atoms with Crippen LogP contribution in [0.5, 0.6) is 23.0 Å². The smallest absolute Gasteiger partial charge is 0.231 e. The second-order valence-corrected chi connectivity index (χ2v) is 18.0. The van der Waals surface area contributed by atoms with Crippen molar-refractivity contribution < 1.29 is 43.5 Å². The molecule has 316 valence electrons. The third kappa shape index (κ3) is 8.78. The Bertz CT molecular complexity index is 2550. The Morgan fingerprint density at radius 3 is 1.59 bits per heavy atom. The zero-order chi connectivity index (χ0) is 42.7. The highest BCUT2D eigenvalue weighted by molar-refractivity contribution is 7.12. The summed E-state index contributed by atoms with van der Waals surface area (Å²) >= 11 is 15.4. The van der Waals surface area contributed by atoms with E-state index in [1.165, 1.54) is 22.7 Å². The number of aliphatic hydroxyl groups excluding tert-OH is 2. The topological polar surface area (TPSA) is 147 Å². The van der Waals surface area contributed by atoms with Crippen molar-refractivity contribution in [2.75, 3.05) is 27.8 Å². The Morgan fingerprint density at radius 1 is 0.672 bits per heavy atom. The van der Waals surface area contributed by atoms with E-state index in [1.807, 2.05) is 72.8 Å². The molecule has 10 rings (SSSR count). The first kappa shape index (κ1) is 42.8. The molecule has 4 aromatic carbocycles. The molecule has 2 unspecified atom stereocenters. The molecule has 2 atom stereocenters. The summed E-state index contributed by atoms with van der Waals surface area (Å²) in [5.74, 6) is 3.19. The summed E-state index contributed by atoms with van der Waals surface area (Å²) in [4.78, 5) is 36.8. The van der Waals surface area contributed by atoms with Gasteiger partial charge in [0, 0.05) is 47.8 Å². The maximum atomic E-state index is 13.2. The summed E-state index contributed by atoms with van der Waals surface area (Å²) < 4.78 is 27.4. The molecule has 2 aromatic heterocycles. The van der Waals surface area contributed by atoms with Crippen LogP contribution in [0.2, 0.25) is 10.0 Å². The van der Waals surface area contributed by atoms with Crippen LogP contribution in [0.25, 0.3) is 0 Å². The molecule has 0 radical (unpaired) electrons. The lowest BCUT2D eigenvalue weighted by Gasteiger charge is -2.15. The molecule has 2 aliphatic carbocycles. The number of nitrogens with zero attached hydrogens (tertiary/aromatic N) is 2. The lowest BCUT2D eigenvalue weighted by atomic mass is 9.89. The average Bonchev–Trinajstić information content (AvgIpc) is 3.95. The fourth-order valence-electron chi connectivity index (χ4n) is 7.70. The van der Waals surface area contributed by atoms with Crippen molar-refractivity contribution in [3.63, 3.8) is 0 Å². The maximum absolute atomic E-state index is 13.2. The monoisotopic (exact) mass is 900 g/mol. The van der Waals surface area contributed by atoms with Crippen molar-refractivity contribution in [1.82, 2.24) is 9.97 Å². The number of fused-ring (bicyclic) bond motifs is 2. The summed E-state index contributed by atoms with van der Waals surface area (Å²) in [7, 11) is 2.65. The van der Waals surface area contributed by atoms with Crippen LogP contribution in [0.4, 0.5) is 0 Å². The van der Waals surface area contributed by atoms with E-state index >= 15 is 0 Å². The Hall–Kier alpha value is -4.86. The number of hydrogen-bond donors (Lipinski definition) is 2. The lowest BCUT2D eigenvalue weighted by Crippen LogP contribution is -2.22. The fourth-order valence-corrected chi connectivity index (χ4v) is 10.1. The number of methoxy groups -OCH3 is 1. The van der Waals surface area contributed by atoms with Crippen molar-refractivity contribution in [1.29, 1.82) is 0 Å². The van der Waals surface area contributed by atoms with E-state index in [1.54, 1.807) is 31.6 Å². The second-order valence-electron chi connectivity index (χ2n) is 14.9. The van der Waals surface area contributed by atoms with Crippen LogP contribution in [0.3, 0.4) is 0 Å². The summed E-state index contributed by atoms with van der Waals surface area (Å²) in [5, 5.41) is 20.3. The number of thiazole rings is 2. The first-order chi connectivity index (χ1) is 29.7. The van der Waals surface area contributed by atoms with Gasteiger partial charge in [0.25, 0.3) is 0 Å². The quantitative estimate of drug-likeness (QED) is 0.114. The predicted octanol–water partition coefficient (Wildman–Crippen LogP) is 9.16. The summed E-state index contributed by atoms with van der Waals surface area (Å²) in [6, 6.07) is 26.3. The average molecular weight is 902 g/mol. The molecule has 2 saturated carbocycles. The van der Waals surface area contributed by atoms with Gasteiger partial charge in [0.2, 0.25) is 13.6 Å². The van der Waals surface area contributed by atoms with Gasteiger partial charge in [0.15, 0.2) is 23.0 Å². The fraction of sp³-hybridized carbons (Fsp3) is 0.304. The van der Waals surface area contributed by atoms with Gasteiger partial charge in [0.05, 0.1) is 33.4 Å². The van der Waals surface area contributed by atoms with Gasteiger partial charge in [-0.05, 0) is 73.2 Å². The molecule has 61 heavy (non-hydrogen) atoms. The predicted molar refractivity (Wildman–Crippen MR) is 233 cm³/mol. The molecule has 15 heteroatoms. The summed E-state index contributed by atoms with van der Waals surface area (Å²) in [5.41, 5.74) is 2.60. The number of rotatable bonds is 13. The van der Waals surface area contributed by atoms with Gasteiger partial charge in [-0.15, -0.1) is 22.7 Å². The first-order valence-corrected chi connectivity index (χ1v) is 22.0. The number of hydrogen-bond acceptors (Lipinski definition) is 13. The van der Waals surface area contributed by atoms with Crippen LogP contribution in [0, 0.1) is 0 Å². The normalized spacial score (nSPS) is 16.6. The number of halogens is 2. The molecule has 2 fully saturated rings. The highest BCUT2D eigenvalue weighted by Gasteiger charge is 2.52. The number of carbonyl (C=O) groups is 2. The van der Waals surface area contributed by atoms with Crippen molar-refractivity contribution in [3.8, 4) is 23.0 Å². The largest absolute Gasteiger partial charge is 0.454 e. The highest BCUT2D eigenvalue weighted by atomic mass is 35.5. The number of ketones is 2. The molecular weight excluding hydrogens is 860 g/mol. The molecular formula is C46H42Cl2N2O9S2. The minimum atomic E-state index is -0.853. The van der Waals surface area contributed by atoms with Crippen molar-refractivity contribution in [2.45, 2.75) is 61.6 Å². The van der Waals surface area contributed by atoms with Gasteiger partial charge in [-0.1, -0.05) is 71.7 Å². The molecule has 0 spiro atoms. The van der Waals surface area contributed by atoms with Crippen molar-refractivity contribution in [2.24, 2.45) is 0 Å². The summed E-state index contributed by atoms with van der Waals surface area (Å²) in [6.45, 7) is 0.448. The van der Waals surface area contributed by atoms with Gasteiger partial charge in [0.1, 0.15) is 33.8 Å². The van der Waals surface area contributed by atoms with Crippen LogP contribution < -0.4 is 18.9 Å². The molecule has 4 heterocycles. The van der Waals surface area contributed by atoms with Crippen molar-refractivity contribution in [3.05, 3.63) is 149 Å². The van der Waals surface area contributed by atoms with Gasteiger partial charge < -0.3 is 33.9 Å². The third-order valence-electron chi connectivity index (χ3n) is 11.3. The molecule has 0 bridgehead atoms. The van der Waals surface area contributed by atoms with E-state index in [-0.39, 0.29) is 37.7 Å². The van der Waals surface area contributed by atoms with E-state index in [9.17, 15) is 14.7 Å². The number of Topliss-reactive ketones (excluding diaryl/α,β-unsaturated/α-hetero) is 2. The zero-order valence-corrected chi connectivity index (χ0v) is 36.4. The van der Waals surface area contributed by atoms with E-state index in [2.05, 4.69) is 9.97 Å². The second kappa shape index (κ2) is 18.2. The van der Waals surface area contributed by atoms with E-state index in [4.69, 9.17) is 52.0 Å². The van der Waals surface area contributed by atoms with Crippen LogP contribution in [-0.2, 0) is 38.0 Å². The Morgan fingerprint density at radius 2 is 1.11 bits per heavy atom. The maximum Gasteiger partial charge on any atom is 0.231 e. The van der Waals surface area contributed by atoms with Gasteiger partial charge in [-0.25, -0.2) is 9.97 Å². The SMILES string of the molecule is CO.COC(c1cnc(CC(=O)C2(c3ccc4c(c3)OCO4)CC2)s1)c1ccccc1Cl.O=C(Cc1ncc(C(O)c2ccccc2Cl)s1)C1(c2ccc3c(c2)OCO3)CC1. The Labute approximate surface area is 370 Å². The molecule has 0 saturated heterocycles. The molecule has 2 aliphatic heterocycles. The van der Waals surface area contributed by atoms with Gasteiger partial charge in [-0.3, -0.25) is 9.59 Å². The first-order valence-electron chi connectivity index (χ1n) is 19.6. The standard InChI is InChI=1S/C23H20ClNO4S.C22H18ClNO4S.CH4O/c1-27-22(15-4-2-3-5-16(15)24)19-12-25-21(30-19)11-20(26)23(8-9-23)14-6-7-17-18(10-14)29-13-28-17;23-15-4-2-1-3-14(15)21(26)18-11-24-20(29-18)10-19(25)22(7-8-22)13-5-6-16-17(9-13)28-12-27-16;1-2/h2-7,10,12,22H,8-9,11,13H2,1H3;1-6,9,11,21,26H,7-8,10,12H2;2H,1H3. The molecule has 6 aromatic rings. The van der Waals surface area contributed by atoms with E-state index in [0.29, 0.717) is 43.4 Å². The van der Waals surface area contributed by atoms with Gasteiger partial charge >= 0.3 is 0 Å². The van der Waals surface area contributed by atoms with E-state index < -0.39 is 16.9 Å². The molecule has 2 N–H and O–H groups in total. The Kier molecular flexibility index (Phi) is 12.8. The number of aliphatic hydroxyl groups is 2. The van der Waals surface area contributed by atoms with Crippen LogP contribution in [0.15, 0.2) is 97.3 Å². The molecule has 11 nitrogen and oxygen atoms in total. The summed E-state index contributed by atoms with van der Waals surface area (Å²) in [6.07, 6.45) is 6.16. The number of carbonyl (C=O) groups excluding carboxylic acids is 2. The minimum Gasteiger partial charge on any atom is -0.454 e. The van der Waals surface area contributed by atoms with Crippen LogP contribution in [-0.4, -0.2) is 59.6 Å². The number of aromatic nitrogens is 2. The van der Waals surface area contributed by atoms with Crippen molar-refractivity contribution >= 4 is 57.4 Å². The van der Waals surface area contributed by atoms with Gasteiger partial charge in [-0.2, -0.15) is 0 Å². The van der Waals surface area contributed by atoms with Crippen LogP contribution in [0.1, 0.15) is 79.9 Å². The number of benzene rings is 4. The van der Waals surface area contributed by atoms with E-state index in [0.717, 1.165) is 70.9 Å². The lowest BCUT2D eigenvalue weighted by molar-refractivity contribution is -0.121. The number of ether oxygens (including phenoxy) is 5. The van der Waals surface area contributed by atoms with Crippen LogP contribution >= 0.6 is 45.9 Å². The zero-order valence-electron chi connectivity index (χ0n) is 33.3. The Balaban J connectivity index is 0.000000162. The third-order valence-corrected chi connectivity index (χ3v) is 14.1. The minimum absolute atomic E-state index is 0.143. The molecule has 4 aliphatic rings. The highest BCUT2D eigenvalue weighted by Crippen LogP contribution is 2.53.